The van der Waals surface area contributed by atoms with Crippen molar-refractivity contribution >= 4 is 5.69 Å². The number of hydrogen-bond donors (Lipinski definition) is 1. The molecule has 0 aliphatic carbocycles. The molecule has 0 saturated carbocycles. The maximum atomic E-state index is 12.8. The first-order valence-electron chi connectivity index (χ1n) is 7.68. The second kappa shape index (κ2) is 6.52. The van der Waals surface area contributed by atoms with Crippen LogP contribution < -0.4 is 5.73 Å². The zero-order valence-corrected chi connectivity index (χ0v) is 13.7. The lowest BCUT2D eigenvalue weighted by Crippen LogP contribution is -2.07. The number of alkyl halides is 3. The van der Waals surface area contributed by atoms with Crippen LogP contribution in [0.4, 0.5) is 18.9 Å². The Labute approximate surface area is 147 Å². The first kappa shape index (κ1) is 17.5. The first-order chi connectivity index (χ1) is 12.3. The van der Waals surface area contributed by atoms with E-state index in [2.05, 4.69) is 10.1 Å². The van der Waals surface area contributed by atoms with Crippen molar-refractivity contribution in [1.29, 1.82) is 5.26 Å². The standard InChI is InChI=1S/C18H14F3N5/c1-11(12-2-5-15(23)6-3-12)17-24-10-26(25-17)16-7-4-14(18(19,20)21)8-13(16)9-22/h2-8,10-11H,23H2,1H3. The third-order valence-corrected chi connectivity index (χ3v) is 4.02. The molecule has 0 saturated heterocycles. The smallest absolute Gasteiger partial charge is 0.399 e. The van der Waals surface area contributed by atoms with E-state index in [0.717, 1.165) is 17.7 Å². The molecule has 3 aromatic rings. The van der Waals surface area contributed by atoms with Crippen LogP contribution in [0.15, 0.2) is 48.8 Å². The summed E-state index contributed by atoms with van der Waals surface area (Å²) in [6.45, 7) is 1.91. The molecule has 0 fully saturated rings. The fourth-order valence-corrected chi connectivity index (χ4v) is 2.53. The Morgan fingerprint density at radius 2 is 1.85 bits per heavy atom. The van der Waals surface area contributed by atoms with Crippen LogP contribution in [-0.2, 0) is 6.18 Å². The molecule has 2 aromatic carbocycles. The first-order valence-corrected chi connectivity index (χ1v) is 7.68. The van der Waals surface area contributed by atoms with Gasteiger partial charge in [-0.1, -0.05) is 19.1 Å². The van der Waals surface area contributed by atoms with Crippen LogP contribution >= 0.6 is 0 Å². The summed E-state index contributed by atoms with van der Waals surface area (Å²) < 4.78 is 39.7. The van der Waals surface area contributed by atoms with Gasteiger partial charge in [-0.05, 0) is 35.9 Å². The van der Waals surface area contributed by atoms with Crippen molar-refractivity contribution in [3.8, 4) is 11.8 Å². The minimum atomic E-state index is -4.51. The van der Waals surface area contributed by atoms with Gasteiger partial charge in [0.05, 0.1) is 16.8 Å². The van der Waals surface area contributed by atoms with Crippen molar-refractivity contribution in [3.05, 3.63) is 71.3 Å². The minimum absolute atomic E-state index is 0.128. The number of aromatic nitrogens is 3. The number of nitrogen functional groups attached to an aromatic ring is 1. The monoisotopic (exact) mass is 357 g/mol. The zero-order chi connectivity index (χ0) is 18.9. The molecule has 0 amide bonds. The maximum Gasteiger partial charge on any atom is 0.416 e. The lowest BCUT2D eigenvalue weighted by Gasteiger charge is -2.10. The number of benzene rings is 2. The number of hydrogen-bond acceptors (Lipinski definition) is 4. The topological polar surface area (TPSA) is 80.5 Å². The fraction of sp³-hybridized carbons (Fsp3) is 0.167. The van der Waals surface area contributed by atoms with Crippen molar-refractivity contribution in [3.63, 3.8) is 0 Å². The van der Waals surface area contributed by atoms with E-state index in [9.17, 15) is 18.4 Å². The average Bonchev–Trinajstić information content (AvgIpc) is 3.10. The van der Waals surface area contributed by atoms with Gasteiger partial charge in [0, 0.05) is 11.6 Å². The minimum Gasteiger partial charge on any atom is -0.399 e. The van der Waals surface area contributed by atoms with Crippen molar-refractivity contribution in [2.24, 2.45) is 0 Å². The molecular formula is C18H14F3N5. The summed E-state index contributed by atoms with van der Waals surface area (Å²) in [5.41, 5.74) is 6.49. The molecule has 3 rings (SSSR count). The molecule has 0 aliphatic heterocycles. The van der Waals surface area contributed by atoms with Crippen LogP contribution in [0, 0.1) is 11.3 Å². The summed E-state index contributed by atoms with van der Waals surface area (Å²) in [5, 5.41) is 13.5. The molecule has 1 heterocycles. The van der Waals surface area contributed by atoms with Gasteiger partial charge >= 0.3 is 6.18 Å². The highest BCUT2D eigenvalue weighted by Crippen LogP contribution is 2.31. The predicted octanol–water partition coefficient (Wildman–Crippen LogP) is 3.89. The highest BCUT2D eigenvalue weighted by Gasteiger charge is 2.31. The van der Waals surface area contributed by atoms with Gasteiger partial charge < -0.3 is 5.73 Å². The van der Waals surface area contributed by atoms with Crippen molar-refractivity contribution in [2.45, 2.75) is 19.0 Å². The molecule has 0 aliphatic rings. The number of nitriles is 1. The Bertz CT molecular complexity index is 968. The summed E-state index contributed by atoms with van der Waals surface area (Å²) in [6.07, 6.45) is -3.13. The molecule has 132 valence electrons. The zero-order valence-electron chi connectivity index (χ0n) is 13.7. The van der Waals surface area contributed by atoms with E-state index >= 15 is 0 Å². The molecule has 0 radical (unpaired) electrons. The molecule has 0 spiro atoms. The van der Waals surface area contributed by atoms with E-state index in [4.69, 9.17) is 5.73 Å². The Morgan fingerprint density at radius 1 is 1.15 bits per heavy atom. The third kappa shape index (κ3) is 3.37. The molecule has 5 nitrogen and oxygen atoms in total. The Kier molecular flexibility index (Phi) is 4.38. The predicted molar refractivity (Wildman–Crippen MR) is 89.4 cm³/mol. The Hall–Kier alpha value is -3.34. The van der Waals surface area contributed by atoms with Gasteiger partial charge in [0.15, 0.2) is 5.82 Å². The van der Waals surface area contributed by atoms with Gasteiger partial charge in [-0.2, -0.15) is 23.5 Å². The number of rotatable bonds is 3. The highest BCUT2D eigenvalue weighted by atomic mass is 19.4. The molecule has 0 bridgehead atoms. The number of nitrogens with zero attached hydrogens (tertiary/aromatic N) is 4. The van der Waals surface area contributed by atoms with E-state index in [1.807, 2.05) is 19.1 Å². The summed E-state index contributed by atoms with van der Waals surface area (Å²) >= 11 is 0. The molecular weight excluding hydrogens is 343 g/mol. The summed E-state index contributed by atoms with van der Waals surface area (Å²) in [7, 11) is 0. The van der Waals surface area contributed by atoms with Gasteiger partial charge in [-0.25, -0.2) is 9.67 Å². The lowest BCUT2D eigenvalue weighted by molar-refractivity contribution is -0.137. The number of anilines is 1. The van der Waals surface area contributed by atoms with Crippen LogP contribution in [0.1, 0.15) is 35.4 Å². The largest absolute Gasteiger partial charge is 0.416 e. The van der Waals surface area contributed by atoms with Crippen molar-refractivity contribution < 1.29 is 13.2 Å². The van der Waals surface area contributed by atoms with Gasteiger partial charge in [0.1, 0.15) is 12.4 Å². The second-order valence-corrected chi connectivity index (χ2v) is 5.78. The lowest BCUT2D eigenvalue weighted by atomic mass is 10.0. The van der Waals surface area contributed by atoms with E-state index in [1.165, 1.54) is 17.1 Å². The maximum absolute atomic E-state index is 12.8. The SMILES string of the molecule is CC(c1ccc(N)cc1)c1ncn(-c2ccc(C(F)(F)F)cc2C#N)n1. The van der Waals surface area contributed by atoms with Crippen molar-refractivity contribution in [2.75, 3.05) is 5.73 Å². The van der Waals surface area contributed by atoms with Crippen LogP contribution in [-0.4, -0.2) is 14.8 Å². The Balaban J connectivity index is 1.95. The van der Waals surface area contributed by atoms with E-state index < -0.39 is 11.7 Å². The van der Waals surface area contributed by atoms with E-state index in [0.29, 0.717) is 11.5 Å². The third-order valence-electron chi connectivity index (χ3n) is 4.02. The molecule has 1 unspecified atom stereocenters. The average molecular weight is 357 g/mol. The normalized spacial score (nSPS) is 12.6. The molecule has 8 heteroatoms. The van der Waals surface area contributed by atoms with Gasteiger partial charge in [-0.15, -0.1) is 0 Å². The quantitative estimate of drug-likeness (QED) is 0.721. The van der Waals surface area contributed by atoms with Crippen molar-refractivity contribution in [1.82, 2.24) is 14.8 Å². The Morgan fingerprint density at radius 3 is 2.46 bits per heavy atom. The molecule has 26 heavy (non-hydrogen) atoms. The van der Waals surface area contributed by atoms with Gasteiger partial charge in [0.25, 0.3) is 0 Å². The summed E-state index contributed by atoms with van der Waals surface area (Å²) in [4.78, 5) is 4.23. The molecule has 1 aromatic heterocycles. The van der Waals surface area contributed by atoms with E-state index in [-0.39, 0.29) is 17.2 Å². The molecule has 1 atom stereocenters. The number of halogens is 3. The highest BCUT2D eigenvalue weighted by molar-refractivity contribution is 5.50. The van der Waals surface area contributed by atoms with E-state index in [1.54, 1.807) is 18.2 Å². The van der Waals surface area contributed by atoms with Gasteiger partial charge in [-0.3, -0.25) is 0 Å². The summed E-state index contributed by atoms with van der Waals surface area (Å²) in [5.74, 6) is 0.343. The van der Waals surface area contributed by atoms with Gasteiger partial charge in [0.2, 0.25) is 0 Å². The van der Waals surface area contributed by atoms with Crippen LogP contribution in [0.3, 0.4) is 0 Å². The second-order valence-electron chi connectivity index (χ2n) is 5.78. The van der Waals surface area contributed by atoms with Crippen LogP contribution in [0.2, 0.25) is 0 Å². The van der Waals surface area contributed by atoms with Crippen LogP contribution in [0.25, 0.3) is 5.69 Å². The fourth-order valence-electron chi connectivity index (χ4n) is 2.53. The molecule has 2 N–H and O–H groups in total. The number of nitrogens with two attached hydrogens (primary N) is 1. The summed E-state index contributed by atoms with van der Waals surface area (Å²) in [6, 6.07) is 12.0. The van der Waals surface area contributed by atoms with Crippen LogP contribution in [0.5, 0.6) is 0 Å².